The van der Waals surface area contributed by atoms with Crippen molar-refractivity contribution < 1.29 is 9.90 Å². The van der Waals surface area contributed by atoms with Gasteiger partial charge in [-0.15, -0.1) is 0 Å². The maximum Gasteiger partial charge on any atom is 0.251 e. The lowest BCUT2D eigenvalue weighted by molar-refractivity contribution is 0.0922. The summed E-state index contributed by atoms with van der Waals surface area (Å²) < 4.78 is 0.981. The van der Waals surface area contributed by atoms with E-state index in [0.29, 0.717) is 5.56 Å². The highest BCUT2D eigenvalue weighted by molar-refractivity contribution is 9.10. The summed E-state index contributed by atoms with van der Waals surface area (Å²) >= 11 is 3.37. The molecule has 0 aliphatic carbocycles. The number of rotatable bonds is 3. The van der Waals surface area contributed by atoms with Crippen LogP contribution in [0.2, 0.25) is 0 Å². The first-order valence-electron chi connectivity index (χ1n) is 4.72. The van der Waals surface area contributed by atoms with Crippen molar-refractivity contribution in [2.45, 2.75) is 19.9 Å². The van der Waals surface area contributed by atoms with E-state index in [1.54, 1.807) is 13.0 Å². The van der Waals surface area contributed by atoms with Crippen molar-refractivity contribution in [3.8, 4) is 0 Å². The lowest BCUT2D eigenvalue weighted by Gasteiger charge is -2.11. The van der Waals surface area contributed by atoms with Crippen molar-refractivity contribution in [2.75, 3.05) is 6.61 Å². The molecule has 0 fully saturated rings. The van der Waals surface area contributed by atoms with Crippen molar-refractivity contribution in [1.29, 1.82) is 0 Å². The SMILES string of the molecule is Cc1cc(C(=O)NC(C)CO)ccc1Br. The van der Waals surface area contributed by atoms with E-state index in [-0.39, 0.29) is 18.6 Å². The second kappa shape index (κ2) is 5.28. The molecular weight excluding hydrogens is 258 g/mol. The third-order valence-electron chi connectivity index (χ3n) is 2.07. The van der Waals surface area contributed by atoms with Crippen LogP contribution in [-0.4, -0.2) is 23.7 Å². The van der Waals surface area contributed by atoms with Crippen LogP contribution in [-0.2, 0) is 0 Å². The Morgan fingerprint density at radius 2 is 2.27 bits per heavy atom. The van der Waals surface area contributed by atoms with Gasteiger partial charge in [0.25, 0.3) is 5.91 Å². The molecule has 3 nitrogen and oxygen atoms in total. The van der Waals surface area contributed by atoms with Gasteiger partial charge in [0.1, 0.15) is 0 Å². The number of amides is 1. The number of aliphatic hydroxyl groups excluding tert-OH is 1. The van der Waals surface area contributed by atoms with E-state index < -0.39 is 0 Å². The van der Waals surface area contributed by atoms with Crippen LogP contribution in [0.4, 0.5) is 0 Å². The van der Waals surface area contributed by atoms with Gasteiger partial charge in [-0.05, 0) is 37.6 Å². The summed E-state index contributed by atoms with van der Waals surface area (Å²) in [6.45, 7) is 3.63. The summed E-state index contributed by atoms with van der Waals surface area (Å²) in [6.07, 6.45) is 0. The highest BCUT2D eigenvalue weighted by Gasteiger charge is 2.09. The summed E-state index contributed by atoms with van der Waals surface area (Å²) in [7, 11) is 0. The Bertz CT molecular complexity index is 366. The maximum absolute atomic E-state index is 11.6. The van der Waals surface area contributed by atoms with E-state index in [4.69, 9.17) is 5.11 Å². The summed E-state index contributed by atoms with van der Waals surface area (Å²) in [5, 5.41) is 11.5. The minimum atomic E-state index is -0.221. The van der Waals surface area contributed by atoms with Gasteiger partial charge >= 0.3 is 0 Å². The largest absolute Gasteiger partial charge is 0.394 e. The average Bonchev–Trinajstić information content (AvgIpc) is 2.21. The van der Waals surface area contributed by atoms with Gasteiger partial charge in [0.2, 0.25) is 0 Å². The number of aliphatic hydroxyl groups is 1. The van der Waals surface area contributed by atoms with E-state index in [0.717, 1.165) is 10.0 Å². The fraction of sp³-hybridized carbons (Fsp3) is 0.364. The molecule has 0 heterocycles. The Morgan fingerprint density at radius 3 is 2.80 bits per heavy atom. The first-order valence-corrected chi connectivity index (χ1v) is 5.51. The number of hydrogen-bond donors (Lipinski definition) is 2. The molecule has 0 radical (unpaired) electrons. The van der Waals surface area contributed by atoms with Crippen LogP contribution in [0.1, 0.15) is 22.8 Å². The standard InChI is InChI=1S/C11H14BrNO2/c1-7-5-9(3-4-10(7)12)11(15)13-8(2)6-14/h3-5,8,14H,6H2,1-2H3,(H,13,15). The Labute approximate surface area is 97.6 Å². The van der Waals surface area contributed by atoms with Gasteiger partial charge in [-0.2, -0.15) is 0 Å². The highest BCUT2D eigenvalue weighted by Crippen LogP contribution is 2.16. The highest BCUT2D eigenvalue weighted by atomic mass is 79.9. The van der Waals surface area contributed by atoms with Crippen LogP contribution in [0.3, 0.4) is 0 Å². The maximum atomic E-state index is 11.6. The fourth-order valence-electron chi connectivity index (χ4n) is 1.14. The molecule has 1 aromatic carbocycles. The summed E-state index contributed by atoms with van der Waals surface area (Å²) in [5.41, 5.74) is 1.62. The lowest BCUT2D eigenvalue weighted by Crippen LogP contribution is -2.34. The summed E-state index contributed by atoms with van der Waals surface area (Å²) in [4.78, 5) is 11.6. The van der Waals surface area contributed by atoms with Crippen molar-refractivity contribution in [3.05, 3.63) is 33.8 Å². The van der Waals surface area contributed by atoms with Crippen molar-refractivity contribution in [1.82, 2.24) is 5.32 Å². The molecule has 1 unspecified atom stereocenters. The van der Waals surface area contributed by atoms with Crippen molar-refractivity contribution >= 4 is 21.8 Å². The zero-order chi connectivity index (χ0) is 11.4. The number of halogens is 1. The van der Waals surface area contributed by atoms with E-state index in [1.807, 2.05) is 19.1 Å². The number of carbonyl (C=O) groups is 1. The van der Waals surface area contributed by atoms with Crippen molar-refractivity contribution in [2.24, 2.45) is 0 Å². The molecule has 1 atom stereocenters. The fourth-order valence-corrected chi connectivity index (χ4v) is 1.39. The Morgan fingerprint density at radius 1 is 1.60 bits per heavy atom. The van der Waals surface area contributed by atoms with Gasteiger partial charge in [-0.3, -0.25) is 4.79 Å². The average molecular weight is 272 g/mol. The zero-order valence-corrected chi connectivity index (χ0v) is 10.3. The van der Waals surface area contributed by atoms with E-state index in [1.165, 1.54) is 0 Å². The molecule has 1 amide bonds. The van der Waals surface area contributed by atoms with Crippen LogP contribution >= 0.6 is 15.9 Å². The molecule has 1 aromatic rings. The first-order chi connectivity index (χ1) is 7.04. The number of aryl methyl sites for hydroxylation is 1. The van der Waals surface area contributed by atoms with Gasteiger partial charge in [0.15, 0.2) is 0 Å². The number of hydrogen-bond acceptors (Lipinski definition) is 2. The molecule has 82 valence electrons. The summed E-state index contributed by atoms with van der Waals surface area (Å²) in [5.74, 6) is -0.160. The number of carbonyl (C=O) groups excluding carboxylic acids is 1. The van der Waals surface area contributed by atoms with Crippen LogP contribution in [0.25, 0.3) is 0 Å². The van der Waals surface area contributed by atoms with E-state index >= 15 is 0 Å². The normalized spacial score (nSPS) is 12.3. The van der Waals surface area contributed by atoms with Gasteiger partial charge in [-0.25, -0.2) is 0 Å². The van der Waals surface area contributed by atoms with Crippen LogP contribution in [0, 0.1) is 6.92 Å². The lowest BCUT2D eigenvalue weighted by atomic mass is 10.1. The third-order valence-corrected chi connectivity index (χ3v) is 2.96. The smallest absolute Gasteiger partial charge is 0.251 e. The molecular formula is C11H14BrNO2. The van der Waals surface area contributed by atoms with Crippen LogP contribution < -0.4 is 5.32 Å². The molecule has 0 saturated heterocycles. The molecule has 1 rings (SSSR count). The first kappa shape index (κ1) is 12.2. The predicted octanol–water partition coefficient (Wildman–Crippen LogP) is 1.87. The Balaban J connectivity index is 2.78. The quantitative estimate of drug-likeness (QED) is 0.882. The molecule has 0 aliphatic heterocycles. The second-order valence-corrected chi connectivity index (χ2v) is 4.38. The topological polar surface area (TPSA) is 49.3 Å². The van der Waals surface area contributed by atoms with Gasteiger partial charge in [-0.1, -0.05) is 15.9 Å². The van der Waals surface area contributed by atoms with Gasteiger partial charge in [0, 0.05) is 16.1 Å². The molecule has 4 heteroatoms. The van der Waals surface area contributed by atoms with Gasteiger partial charge < -0.3 is 10.4 Å². The molecule has 2 N–H and O–H groups in total. The van der Waals surface area contributed by atoms with E-state index in [2.05, 4.69) is 21.2 Å². The molecule has 0 spiro atoms. The van der Waals surface area contributed by atoms with Gasteiger partial charge in [0.05, 0.1) is 6.61 Å². The minimum absolute atomic E-state index is 0.0543. The monoisotopic (exact) mass is 271 g/mol. The predicted molar refractivity (Wildman–Crippen MR) is 62.9 cm³/mol. The summed E-state index contributed by atoms with van der Waals surface area (Å²) in [6, 6.07) is 5.18. The molecule has 0 bridgehead atoms. The third kappa shape index (κ3) is 3.32. The number of nitrogens with one attached hydrogen (secondary N) is 1. The van der Waals surface area contributed by atoms with Crippen molar-refractivity contribution in [3.63, 3.8) is 0 Å². The van der Waals surface area contributed by atoms with Crippen LogP contribution in [0.5, 0.6) is 0 Å². The molecule has 0 aromatic heterocycles. The molecule has 15 heavy (non-hydrogen) atoms. The zero-order valence-electron chi connectivity index (χ0n) is 8.75. The Kier molecular flexibility index (Phi) is 4.29. The van der Waals surface area contributed by atoms with E-state index in [9.17, 15) is 4.79 Å². The minimum Gasteiger partial charge on any atom is -0.394 e. The van der Waals surface area contributed by atoms with Crippen LogP contribution in [0.15, 0.2) is 22.7 Å². The molecule has 0 aliphatic rings. The second-order valence-electron chi connectivity index (χ2n) is 3.52. The number of benzene rings is 1. The Hall–Kier alpha value is -0.870. The molecule has 0 saturated carbocycles.